The summed E-state index contributed by atoms with van der Waals surface area (Å²) in [5.74, 6) is 0. The fraction of sp³-hybridized carbons (Fsp3) is 0.167. The largest absolute Gasteiger partial charge is 0.345 e. The topological polar surface area (TPSA) is 93.3 Å². The van der Waals surface area contributed by atoms with Gasteiger partial charge in [-0.15, -0.1) is 0 Å². The summed E-state index contributed by atoms with van der Waals surface area (Å²) in [7, 11) is -7.84. The number of nitrogens with one attached hydrogen (secondary N) is 1. The number of rotatable bonds is 7. The van der Waals surface area contributed by atoms with Crippen LogP contribution >= 0.6 is 15.9 Å². The van der Waals surface area contributed by atoms with E-state index >= 15 is 0 Å². The molecule has 6 nitrogen and oxygen atoms in total. The van der Waals surface area contributed by atoms with Gasteiger partial charge in [-0.3, -0.25) is 4.18 Å². The molecular weight excluding hydrogens is 526 g/mol. The van der Waals surface area contributed by atoms with Gasteiger partial charge in [-0.1, -0.05) is 57.4 Å². The quantitative estimate of drug-likeness (QED) is 0.315. The molecule has 0 radical (unpaired) electrons. The molecule has 1 N–H and O–H groups in total. The van der Waals surface area contributed by atoms with Crippen LogP contribution in [0.15, 0.2) is 86.0 Å². The van der Waals surface area contributed by atoms with Crippen molar-refractivity contribution in [1.29, 1.82) is 0 Å². The average molecular weight is 548 g/mol. The summed E-state index contributed by atoms with van der Waals surface area (Å²) in [6, 6.07) is 18.4. The standard InChI is InChI=1S/C24H22BrNO5S2/c1-16-6-10-18(11-7-16)32(27,28)24-20(23-21(25)4-3-5-22(23)26-24)14-15-31-33(29,30)19-12-8-17(2)9-13-19/h3-13,26H,14-15H2,1-2H3. The summed E-state index contributed by atoms with van der Waals surface area (Å²) >= 11 is 3.49. The Labute approximate surface area is 201 Å². The van der Waals surface area contributed by atoms with Crippen LogP contribution in [0.1, 0.15) is 16.7 Å². The molecule has 4 aromatic rings. The van der Waals surface area contributed by atoms with Crippen molar-refractivity contribution in [3.63, 3.8) is 0 Å². The van der Waals surface area contributed by atoms with E-state index in [9.17, 15) is 16.8 Å². The predicted molar refractivity (Wildman–Crippen MR) is 131 cm³/mol. The Bertz CT molecular complexity index is 1520. The molecule has 0 unspecified atom stereocenters. The van der Waals surface area contributed by atoms with E-state index in [1.807, 2.05) is 19.9 Å². The van der Waals surface area contributed by atoms with Crippen molar-refractivity contribution in [1.82, 2.24) is 4.98 Å². The van der Waals surface area contributed by atoms with Crippen molar-refractivity contribution in [2.45, 2.75) is 35.1 Å². The zero-order valence-electron chi connectivity index (χ0n) is 18.0. The number of aromatic nitrogens is 1. The highest BCUT2D eigenvalue weighted by Crippen LogP contribution is 2.35. The Kier molecular flexibility index (Phi) is 6.50. The number of aromatic amines is 1. The SMILES string of the molecule is Cc1ccc(S(=O)(=O)OCCc2c(S(=O)(=O)c3ccc(C)cc3)[nH]c3cccc(Br)c23)cc1. The molecule has 0 saturated heterocycles. The third-order valence-corrected chi connectivity index (χ3v) is 9.10. The summed E-state index contributed by atoms with van der Waals surface area (Å²) < 4.78 is 58.0. The van der Waals surface area contributed by atoms with Gasteiger partial charge in [0.25, 0.3) is 10.1 Å². The number of H-pyrrole nitrogens is 1. The lowest BCUT2D eigenvalue weighted by atomic mass is 10.1. The Morgan fingerprint density at radius 1 is 0.818 bits per heavy atom. The number of aryl methyl sites for hydroxylation is 2. The zero-order chi connectivity index (χ0) is 23.8. The first-order valence-electron chi connectivity index (χ1n) is 10.2. The van der Waals surface area contributed by atoms with Gasteiger partial charge in [0.05, 0.1) is 16.4 Å². The van der Waals surface area contributed by atoms with E-state index in [2.05, 4.69) is 20.9 Å². The third kappa shape index (κ3) is 4.77. The molecule has 0 saturated carbocycles. The minimum absolute atomic E-state index is 0.0320. The molecule has 3 aromatic carbocycles. The smallest absolute Gasteiger partial charge is 0.296 e. The van der Waals surface area contributed by atoms with Gasteiger partial charge in [-0.05, 0) is 50.2 Å². The van der Waals surface area contributed by atoms with Crippen LogP contribution in [0, 0.1) is 13.8 Å². The van der Waals surface area contributed by atoms with Crippen LogP contribution in [0.25, 0.3) is 10.9 Å². The number of hydrogen-bond donors (Lipinski definition) is 1. The zero-order valence-corrected chi connectivity index (χ0v) is 21.2. The van der Waals surface area contributed by atoms with Gasteiger partial charge in [0.2, 0.25) is 9.84 Å². The van der Waals surface area contributed by atoms with Crippen LogP contribution in [0.4, 0.5) is 0 Å². The number of sulfone groups is 1. The molecule has 0 aliphatic rings. The van der Waals surface area contributed by atoms with Crippen molar-refractivity contribution < 1.29 is 21.0 Å². The lowest BCUT2D eigenvalue weighted by Gasteiger charge is -2.09. The fourth-order valence-corrected chi connectivity index (χ4v) is 6.59. The van der Waals surface area contributed by atoms with Crippen LogP contribution in [0.3, 0.4) is 0 Å². The minimum atomic E-state index is -3.97. The molecule has 0 aliphatic heterocycles. The molecule has 4 rings (SSSR count). The number of halogens is 1. The summed E-state index contributed by atoms with van der Waals surface area (Å²) in [5.41, 5.74) is 2.98. The molecule has 0 spiro atoms. The second-order valence-electron chi connectivity index (χ2n) is 7.75. The van der Waals surface area contributed by atoms with E-state index in [1.165, 1.54) is 12.1 Å². The fourth-order valence-electron chi connectivity index (χ4n) is 3.58. The van der Waals surface area contributed by atoms with Crippen LogP contribution in [0.5, 0.6) is 0 Å². The minimum Gasteiger partial charge on any atom is -0.345 e. The molecule has 1 aromatic heterocycles. The van der Waals surface area contributed by atoms with E-state index in [0.717, 1.165) is 11.1 Å². The molecule has 0 bridgehead atoms. The van der Waals surface area contributed by atoms with Crippen LogP contribution in [-0.2, 0) is 30.6 Å². The van der Waals surface area contributed by atoms with E-state index in [-0.39, 0.29) is 27.8 Å². The monoisotopic (exact) mass is 547 g/mol. The van der Waals surface area contributed by atoms with Gasteiger partial charge in [-0.25, -0.2) is 8.42 Å². The highest BCUT2D eigenvalue weighted by Gasteiger charge is 2.27. The molecule has 0 atom stereocenters. The lowest BCUT2D eigenvalue weighted by Crippen LogP contribution is -2.11. The van der Waals surface area contributed by atoms with Crippen molar-refractivity contribution in [2.24, 2.45) is 0 Å². The summed E-state index contributed by atoms with van der Waals surface area (Å²) in [5, 5.41) is 0.712. The third-order valence-electron chi connectivity index (χ3n) is 5.34. The van der Waals surface area contributed by atoms with E-state index in [0.29, 0.717) is 20.9 Å². The Hall–Kier alpha value is -2.46. The molecular formula is C24H22BrNO5S2. The highest BCUT2D eigenvalue weighted by atomic mass is 79.9. The lowest BCUT2D eigenvalue weighted by molar-refractivity contribution is 0.321. The van der Waals surface area contributed by atoms with Crippen LogP contribution < -0.4 is 0 Å². The molecule has 33 heavy (non-hydrogen) atoms. The van der Waals surface area contributed by atoms with Gasteiger partial charge >= 0.3 is 0 Å². The molecule has 0 amide bonds. The van der Waals surface area contributed by atoms with Crippen molar-refractivity contribution >= 4 is 46.8 Å². The van der Waals surface area contributed by atoms with E-state index in [1.54, 1.807) is 48.5 Å². The van der Waals surface area contributed by atoms with Gasteiger partial charge < -0.3 is 4.98 Å². The van der Waals surface area contributed by atoms with E-state index in [4.69, 9.17) is 4.18 Å². The van der Waals surface area contributed by atoms with Crippen LogP contribution in [-0.4, -0.2) is 28.4 Å². The average Bonchev–Trinajstić information content (AvgIpc) is 3.15. The summed E-state index contributed by atoms with van der Waals surface area (Å²) in [6.45, 7) is 3.54. The number of hydrogen-bond acceptors (Lipinski definition) is 5. The maximum absolute atomic E-state index is 13.5. The molecule has 1 heterocycles. The van der Waals surface area contributed by atoms with Gasteiger partial charge in [0.1, 0.15) is 5.03 Å². The maximum Gasteiger partial charge on any atom is 0.296 e. The van der Waals surface area contributed by atoms with Gasteiger partial charge in [0, 0.05) is 27.4 Å². The summed E-state index contributed by atoms with van der Waals surface area (Å²) in [4.78, 5) is 3.23. The Morgan fingerprint density at radius 3 is 2.00 bits per heavy atom. The van der Waals surface area contributed by atoms with Gasteiger partial charge in [0.15, 0.2) is 0 Å². The molecule has 0 fully saturated rings. The Morgan fingerprint density at radius 2 is 1.39 bits per heavy atom. The number of fused-ring (bicyclic) bond motifs is 1. The molecule has 172 valence electrons. The van der Waals surface area contributed by atoms with Gasteiger partial charge in [-0.2, -0.15) is 8.42 Å². The maximum atomic E-state index is 13.5. The first-order chi connectivity index (χ1) is 15.6. The van der Waals surface area contributed by atoms with Crippen molar-refractivity contribution in [2.75, 3.05) is 6.61 Å². The van der Waals surface area contributed by atoms with Crippen molar-refractivity contribution in [3.05, 3.63) is 87.9 Å². The molecule has 0 aliphatic carbocycles. The highest BCUT2D eigenvalue weighted by molar-refractivity contribution is 9.10. The molecule has 9 heteroatoms. The predicted octanol–water partition coefficient (Wildman–Crippen LogP) is 5.33. The summed E-state index contributed by atoms with van der Waals surface area (Å²) in [6.07, 6.45) is 0.0775. The second kappa shape index (κ2) is 9.06. The first kappa shape index (κ1) is 23.7. The second-order valence-corrected chi connectivity index (χ2v) is 12.1. The first-order valence-corrected chi connectivity index (χ1v) is 13.8. The van der Waals surface area contributed by atoms with Crippen LogP contribution in [0.2, 0.25) is 0 Å². The number of benzene rings is 3. The van der Waals surface area contributed by atoms with E-state index < -0.39 is 20.0 Å². The normalized spacial score (nSPS) is 12.3. The van der Waals surface area contributed by atoms with Crippen molar-refractivity contribution in [3.8, 4) is 0 Å². The Balaban J connectivity index is 1.71.